The van der Waals surface area contributed by atoms with E-state index >= 15 is 0 Å². The molecule has 0 saturated heterocycles. The predicted octanol–water partition coefficient (Wildman–Crippen LogP) is 2.17. The first-order valence-corrected chi connectivity index (χ1v) is 10.8. The minimum Gasteiger partial charge on any atom is -0.356 e. The lowest BCUT2D eigenvalue weighted by molar-refractivity contribution is -0.893. The van der Waals surface area contributed by atoms with Crippen LogP contribution in [0.1, 0.15) is 18.4 Å². The van der Waals surface area contributed by atoms with Crippen LogP contribution in [0.15, 0.2) is 71.5 Å². The summed E-state index contributed by atoms with van der Waals surface area (Å²) in [4.78, 5) is 25.7. The molecule has 0 radical (unpaired) electrons. The second-order valence-electron chi connectivity index (χ2n) is 7.61. The molecule has 1 heterocycles. The number of halogens is 1. The van der Waals surface area contributed by atoms with Gasteiger partial charge in [0.15, 0.2) is 0 Å². The van der Waals surface area contributed by atoms with E-state index in [1.165, 1.54) is 21.2 Å². The Morgan fingerprint density at radius 2 is 1.81 bits per heavy atom. The minimum absolute atomic E-state index is 0.0775. The maximum atomic E-state index is 12.2. The van der Waals surface area contributed by atoms with Gasteiger partial charge in [0.05, 0.1) is 25.8 Å². The van der Waals surface area contributed by atoms with Gasteiger partial charge in [0.2, 0.25) is 5.91 Å². The molecule has 0 aliphatic carbocycles. The average Bonchev–Trinajstić information content (AvgIpc) is 2.77. The monoisotopic (exact) mass is 439 g/mol. The highest BCUT2D eigenvalue weighted by molar-refractivity contribution is 6.30. The van der Waals surface area contributed by atoms with E-state index < -0.39 is 0 Å². The zero-order chi connectivity index (χ0) is 22.1. The highest BCUT2D eigenvalue weighted by atomic mass is 35.5. The molecule has 3 rings (SSSR count). The third-order valence-electron chi connectivity index (χ3n) is 5.01. The number of rotatable bonds is 10. The zero-order valence-electron chi connectivity index (χ0n) is 17.7. The smallest absolute Gasteiger partial charge is 0.266 e. The Balaban J connectivity index is 1.41. The standard InChI is InChI=1S/C24H27ClN4O2/c1-28(18-19-6-3-2-4-7-19)16-5-15-26-23(30)14-17-29-24(31)13-12-22(27-29)20-8-10-21(25)11-9-20/h2-4,6-13H,5,14-18H2,1H3,(H,26,30)/p+1. The molecule has 2 N–H and O–H groups in total. The summed E-state index contributed by atoms with van der Waals surface area (Å²) >= 11 is 5.92. The average molecular weight is 440 g/mol. The molecular formula is C24H28ClN4O2+. The van der Waals surface area contributed by atoms with Crippen molar-refractivity contribution in [1.29, 1.82) is 0 Å². The van der Waals surface area contributed by atoms with E-state index in [0.29, 0.717) is 17.3 Å². The quantitative estimate of drug-likeness (QED) is 0.476. The fourth-order valence-corrected chi connectivity index (χ4v) is 3.46. The first kappa shape index (κ1) is 22.7. The van der Waals surface area contributed by atoms with Crippen molar-refractivity contribution in [1.82, 2.24) is 15.1 Å². The lowest BCUT2D eigenvalue weighted by Crippen LogP contribution is -3.07. The third-order valence-corrected chi connectivity index (χ3v) is 5.26. The minimum atomic E-state index is -0.225. The lowest BCUT2D eigenvalue weighted by Gasteiger charge is -2.14. The molecular weight excluding hydrogens is 412 g/mol. The number of aromatic nitrogens is 2. The van der Waals surface area contributed by atoms with E-state index in [-0.39, 0.29) is 24.4 Å². The second kappa shape index (κ2) is 11.4. The molecule has 0 aliphatic rings. The molecule has 0 saturated carbocycles. The summed E-state index contributed by atoms with van der Waals surface area (Å²) in [6.45, 7) is 2.80. The van der Waals surface area contributed by atoms with Gasteiger partial charge in [0.25, 0.3) is 5.56 Å². The number of amides is 1. The summed E-state index contributed by atoms with van der Waals surface area (Å²) in [6, 6.07) is 20.8. The molecule has 7 heteroatoms. The summed E-state index contributed by atoms with van der Waals surface area (Å²) in [5.41, 5.74) is 2.62. The number of carbonyl (C=O) groups is 1. The number of hydrogen-bond acceptors (Lipinski definition) is 3. The Morgan fingerprint density at radius 1 is 1.06 bits per heavy atom. The normalized spacial score (nSPS) is 11.8. The number of nitrogens with one attached hydrogen (secondary N) is 2. The molecule has 1 atom stereocenters. The number of quaternary nitrogens is 1. The molecule has 3 aromatic rings. The van der Waals surface area contributed by atoms with Gasteiger partial charge in [-0.3, -0.25) is 9.59 Å². The SMILES string of the molecule is C[NH+](CCCNC(=O)CCn1nc(-c2ccc(Cl)cc2)ccc1=O)Cc1ccccc1. The molecule has 2 aromatic carbocycles. The van der Waals surface area contributed by atoms with Crippen LogP contribution in [0.4, 0.5) is 0 Å². The molecule has 162 valence electrons. The van der Waals surface area contributed by atoms with E-state index in [2.05, 4.69) is 29.6 Å². The second-order valence-corrected chi connectivity index (χ2v) is 8.05. The maximum absolute atomic E-state index is 12.2. The Bertz CT molecular complexity index is 1040. The van der Waals surface area contributed by atoms with Crippen LogP contribution in [0.2, 0.25) is 5.02 Å². The molecule has 0 bridgehead atoms. The van der Waals surface area contributed by atoms with Crippen molar-refractivity contribution in [2.75, 3.05) is 20.1 Å². The van der Waals surface area contributed by atoms with Crippen LogP contribution in [-0.4, -0.2) is 35.8 Å². The molecule has 1 amide bonds. The van der Waals surface area contributed by atoms with Gasteiger partial charge < -0.3 is 10.2 Å². The molecule has 31 heavy (non-hydrogen) atoms. The molecule has 1 aromatic heterocycles. The van der Waals surface area contributed by atoms with Crippen molar-refractivity contribution in [2.24, 2.45) is 0 Å². The molecule has 6 nitrogen and oxygen atoms in total. The third kappa shape index (κ3) is 7.35. The first-order valence-electron chi connectivity index (χ1n) is 10.5. The van der Waals surface area contributed by atoms with E-state index in [1.807, 2.05) is 30.3 Å². The largest absolute Gasteiger partial charge is 0.356 e. The van der Waals surface area contributed by atoms with Gasteiger partial charge in [-0.1, -0.05) is 54.1 Å². The molecule has 0 spiro atoms. The van der Waals surface area contributed by atoms with Crippen LogP contribution in [0.5, 0.6) is 0 Å². The molecule has 0 fully saturated rings. The van der Waals surface area contributed by atoms with E-state index in [0.717, 1.165) is 25.1 Å². The van der Waals surface area contributed by atoms with Crippen molar-refractivity contribution >= 4 is 17.5 Å². The fraction of sp³-hybridized carbons (Fsp3) is 0.292. The van der Waals surface area contributed by atoms with Crippen LogP contribution < -0.4 is 15.8 Å². The van der Waals surface area contributed by atoms with E-state index in [1.54, 1.807) is 18.2 Å². The maximum Gasteiger partial charge on any atom is 0.266 e. The summed E-state index contributed by atoms with van der Waals surface area (Å²) < 4.78 is 1.33. The summed E-state index contributed by atoms with van der Waals surface area (Å²) in [7, 11) is 2.15. The number of benzene rings is 2. The first-order chi connectivity index (χ1) is 15.0. The summed E-state index contributed by atoms with van der Waals surface area (Å²) in [5, 5.41) is 7.96. The number of hydrogen-bond donors (Lipinski definition) is 2. The topological polar surface area (TPSA) is 68.4 Å². The van der Waals surface area contributed by atoms with E-state index in [9.17, 15) is 9.59 Å². The van der Waals surface area contributed by atoms with Crippen LogP contribution in [0, 0.1) is 0 Å². The van der Waals surface area contributed by atoms with Crippen LogP contribution in [0.25, 0.3) is 11.3 Å². The Hall–Kier alpha value is -2.96. The van der Waals surface area contributed by atoms with Crippen molar-refractivity contribution in [3.8, 4) is 11.3 Å². The Labute approximate surface area is 187 Å². The van der Waals surface area contributed by atoms with Gasteiger partial charge >= 0.3 is 0 Å². The number of nitrogens with zero attached hydrogens (tertiary/aromatic N) is 2. The number of aryl methyl sites for hydroxylation is 1. The lowest BCUT2D eigenvalue weighted by atomic mass is 10.1. The van der Waals surface area contributed by atoms with Gasteiger partial charge in [-0.25, -0.2) is 4.68 Å². The number of carbonyl (C=O) groups excluding carboxylic acids is 1. The van der Waals surface area contributed by atoms with Crippen LogP contribution in [-0.2, 0) is 17.9 Å². The fourth-order valence-electron chi connectivity index (χ4n) is 3.33. The van der Waals surface area contributed by atoms with Crippen molar-refractivity contribution in [3.05, 3.63) is 87.7 Å². The van der Waals surface area contributed by atoms with E-state index in [4.69, 9.17) is 11.6 Å². The van der Waals surface area contributed by atoms with Crippen LogP contribution >= 0.6 is 11.6 Å². The highest BCUT2D eigenvalue weighted by Gasteiger charge is 2.08. The van der Waals surface area contributed by atoms with Gasteiger partial charge in [0, 0.05) is 41.6 Å². The highest BCUT2D eigenvalue weighted by Crippen LogP contribution is 2.18. The van der Waals surface area contributed by atoms with Gasteiger partial charge in [-0.2, -0.15) is 5.10 Å². The zero-order valence-corrected chi connectivity index (χ0v) is 18.4. The Morgan fingerprint density at radius 3 is 2.55 bits per heavy atom. The predicted molar refractivity (Wildman–Crippen MR) is 123 cm³/mol. The summed E-state index contributed by atoms with van der Waals surface area (Å²) in [6.07, 6.45) is 1.11. The van der Waals surface area contributed by atoms with Crippen molar-refractivity contribution in [3.63, 3.8) is 0 Å². The molecule has 0 aliphatic heterocycles. The Kier molecular flexibility index (Phi) is 8.38. The van der Waals surface area contributed by atoms with Gasteiger partial charge in [0.1, 0.15) is 6.54 Å². The van der Waals surface area contributed by atoms with Crippen molar-refractivity contribution in [2.45, 2.75) is 25.9 Å². The van der Waals surface area contributed by atoms with Gasteiger partial charge in [-0.05, 0) is 18.2 Å². The van der Waals surface area contributed by atoms with Crippen molar-refractivity contribution < 1.29 is 9.69 Å². The summed E-state index contributed by atoms with van der Waals surface area (Å²) in [5.74, 6) is -0.0775. The van der Waals surface area contributed by atoms with Crippen LogP contribution in [0.3, 0.4) is 0 Å². The van der Waals surface area contributed by atoms with Gasteiger partial charge in [-0.15, -0.1) is 0 Å². The molecule has 1 unspecified atom stereocenters.